The quantitative estimate of drug-likeness (QED) is 0.716. The van der Waals surface area contributed by atoms with Crippen molar-refractivity contribution in [3.05, 3.63) is 34.7 Å². The van der Waals surface area contributed by atoms with Crippen LogP contribution >= 0.6 is 23.5 Å². The fraction of sp³-hybridized carbons (Fsp3) is 0.438. The number of hydrogen-bond donors (Lipinski definition) is 2. The number of anilines is 1. The van der Waals surface area contributed by atoms with Crippen molar-refractivity contribution in [1.29, 1.82) is 0 Å². The summed E-state index contributed by atoms with van der Waals surface area (Å²) < 4.78 is 7.12. The van der Waals surface area contributed by atoms with Crippen LogP contribution in [0.3, 0.4) is 0 Å². The average molecular weight is 380 g/mol. The fourth-order valence-corrected chi connectivity index (χ4v) is 3.94. The van der Waals surface area contributed by atoms with Crippen LogP contribution < -0.4 is 11.0 Å². The minimum Gasteiger partial charge on any atom is -0.376 e. The Morgan fingerprint density at radius 3 is 3.08 bits per heavy atom. The minimum absolute atomic E-state index is 0.0388. The van der Waals surface area contributed by atoms with Gasteiger partial charge in [-0.05, 0) is 31.2 Å². The van der Waals surface area contributed by atoms with Gasteiger partial charge in [-0.2, -0.15) is 0 Å². The first-order chi connectivity index (χ1) is 12.2. The van der Waals surface area contributed by atoms with Gasteiger partial charge < -0.3 is 10.1 Å². The monoisotopic (exact) mass is 380 g/mol. The van der Waals surface area contributed by atoms with Gasteiger partial charge in [0.15, 0.2) is 5.16 Å². The van der Waals surface area contributed by atoms with Gasteiger partial charge in [0.25, 0.3) is 0 Å². The number of hydrogen-bond acceptors (Lipinski definition) is 6. The minimum atomic E-state index is -0.272. The van der Waals surface area contributed by atoms with Crippen LogP contribution in [0.1, 0.15) is 12.8 Å². The lowest BCUT2D eigenvalue weighted by Gasteiger charge is -2.11. The van der Waals surface area contributed by atoms with Crippen LogP contribution in [0.25, 0.3) is 0 Å². The molecular weight excluding hydrogens is 360 g/mol. The lowest BCUT2D eigenvalue weighted by Crippen LogP contribution is -2.25. The summed E-state index contributed by atoms with van der Waals surface area (Å²) in [7, 11) is 0. The third kappa shape index (κ3) is 4.68. The Bertz CT molecular complexity index is 784. The normalized spacial score (nSPS) is 16.9. The van der Waals surface area contributed by atoms with E-state index in [-0.39, 0.29) is 23.5 Å². The summed E-state index contributed by atoms with van der Waals surface area (Å²) in [5.74, 6) is 0.0454. The smallest absolute Gasteiger partial charge is 0.344 e. The molecule has 0 spiro atoms. The highest BCUT2D eigenvalue weighted by molar-refractivity contribution is 7.99. The van der Waals surface area contributed by atoms with Gasteiger partial charge >= 0.3 is 5.69 Å². The number of rotatable bonds is 7. The molecule has 2 heterocycles. The van der Waals surface area contributed by atoms with E-state index < -0.39 is 0 Å². The molecule has 0 saturated carbocycles. The van der Waals surface area contributed by atoms with Crippen molar-refractivity contribution in [1.82, 2.24) is 14.8 Å². The second-order valence-electron chi connectivity index (χ2n) is 5.59. The molecular formula is C16H20N4O3S2. The molecule has 2 N–H and O–H groups in total. The first kappa shape index (κ1) is 18.1. The lowest BCUT2D eigenvalue weighted by atomic mass is 10.2. The number of aromatic amines is 1. The molecule has 0 aliphatic carbocycles. The summed E-state index contributed by atoms with van der Waals surface area (Å²) in [6.07, 6.45) is 3.95. The molecule has 1 aromatic carbocycles. The summed E-state index contributed by atoms with van der Waals surface area (Å²) in [6.45, 7) is 1.20. The lowest BCUT2D eigenvalue weighted by molar-refractivity contribution is -0.113. The zero-order chi connectivity index (χ0) is 17.6. The molecule has 7 nitrogen and oxygen atoms in total. The van der Waals surface area contributed by atoms with Crippen LogP contribution in [0.5, 0.6) is 0 Å². The molecule has 1 saturated heterocycles. The topological polar surface area (TPSA) is 89.0 Å². The van der Waals surface area contributed by atoms with Crippen LogP contribution in [-0.4, -0.2) is 45.4 Å². The first-order valence-electron chi connectivity index (χ1n) is 8.00. The fourth-order valence-electron chi connectivity index (χ4n) is 2.63. The predicted octanol–water partition coefficient (Wildman–Crippen LogP) is 2.20. The Labute approximate surface area is 153 Å². The van der Waals surface area contributed by atoms with Gasteiger partial charge in [0.05, 0.1) is 24.1 Å². The highest BCUT2D eigenvalue weighted by atomic mass is 32.2. The molecule has 3 rings (SSSR count). The average Bonchev–Trinajstić information content (AvgIpc) is 3.25. The number of thioether (sulfide) groups is 2. The Morgan fingerprint density at radius 2 is 2.32 bits per heavy atom. The molecule has 1 aromatic heterocycles. The maximum atomic E-state index is 12.2. The number of ether oxygens (including phenoxy) is 1. The third-order valence-corrected chi connectivity index (χ3v) is 5.62. The van der Waals surface area contributed by atoms with Crippen molar-refractivity contribution in [3.63, 3.8) is 0 Å². The van der Waals surface area contributed by atoms with Crippen molar-refractivity contribution in [2.75, 3.05) is 23.9 Å². The standard InChI is InChI=1S/C16H20N4O3S2/c1-24-13-7-3-2-6-12(13)17-14(21)10-25-16-19-18-15(22)20(16)9-11-5-4-8-23-11/h2-3,6-7,11H,4-5,8-10H2,1H3,(H,17,21)(H,18,22)/t11-/m1/s1. The Balaban J connectivity index is 1.59. The maximum Gasteiger partial charge on any atom is 0.344 e. The summed E-state index contributed by atoms with van der Waals surface area (Å²) >= 11 is 2.82. The summed E-state index contributed by atoms with van der Waals surface area (Å²) in [4.78, 5) is 25.2. The Kier molecular flexibility index (Phi) is 6.22. The van der Waals surface area contributed by atoms with Gasteiger partial charge in [-0.3, -0.25) is 9.36 Å². The zero-order valence-corrected chi connectivity index (χ0v) is 15.5. The number of aromatic nitrogens is 3. The second kappa shape index (κ2) is 8.59. The maximum absolute atomic E-state index is 12.2. The molecule has 2 aromatic rings. The van der Waals surface area contributed by atoms with E-state index in [4.69, 9.17) is 4.74 Å². The zero-order valence-electron chi connectivity index (χ0n) is 13.9. The van der Waals surface area contributed by atoms with Gasteiger partial charge in [0, 0.05) is 11.5 Å². The molecule has 25 heavy (non-hydrogen) atoms. The van der Waals surface area contributed by atoms with E-state index in [1.54, 1.807) is 16.3 Å². The van der Waals surface area contributed by atoms with E-state index in [9.17, 15) is 9.59 Å². The number of nitrogens with zero attached hydrogens (tertiary/aromatic N) is 2. The van der Waals surface area contributed by atoms with Gasteiger partial charge in [0.1, 0.15) is 0 Å². The number of benzene rings is 1. The van der Waals surface area contributed by atoms with E-state index in [2.05, 4.69) is 15.5 Å². The van der Waals surface area contributed by atoms with Crippen LogP contribution in [0.15, 0.2) is 39.1 Å². The summed E-state index contributed by atoms with van der Waals surface area (Å²) in [6, 6.07) is 7.65. The highest BCUT2D eigenvalue weighted by Gasteiger charge is 2.20. The molecule has 1 amide bonds. The highest BCUT2D eigenvalue weighted by Crippen LogP contribution is 2.25. The molecule has 1 aliphatic heterocycles. The number of carbonyl (C=O) groups excluding carboxylic acids is 1. The van der Waals surface area contributed by atoms with E-state index in [1.807, 2.05) is 30.5 Å². The van der Waals surface area contributed by atoms with E-state index in [0.717, 1.165) is 30.0 Å². The molecule has 0 bridgehead atoms. The van der Waals surface area contributed by atoms with Crippen LogP contribution in [0, 0.1) is 0 Å². The van der Waals surface area contributed by atoms with Crippen LogP contribution in [-0.2, 0) is 16.1 Å². The molecule has 0 unspecified atom stereocenters. The molecule has 1 aliphatic rings. The number of amides is 1. The first-order valence-corrected chi connectivity index (χ1v) is 10.2. The van der Waals surface area contributed by atoms with Gasteiger partial charge in [0.2, 0.25) is 5.91 Å². The van der Waals surface area contributed by atoms with E-state index >= 15 is 0 Å². The van der Waals surface area contributed by atoms with Crippen molar-refractivity contribution < 1.29 is 9.53 Å². The second-order valence-corrected chi connectivity index (χ2v) is 7.38. The SMILES string of the molecule is CSc1ccccc1NC(=O)CSc1n[nH]c(=O)n1C[C@H]1CCCO1. The molecule has 134 valence electrons. The van der Waals surface area contributed by atoms with Crippen LogP contribution in [0.4, 0.5) is 5.69 Å². The Morgan fingerprint density at radius 1 is 1.48 bits per heavy atom. The molecule has 0 radical (unpaired) electrons. The predicted molar refractivity (Wildman–Crippen MR) is 99.4 cm³/mol. The summed E-state index contributed by atoms with van der Waals surface area (Å²) in [5, 5.41) is 9.88. The van der Waals surface area contributed by atoms with E-state index in [1.165, 1.54) is 11.8 Å². The molecule has 9 heteroatoms. The van der Waals surface area contributed by atoms with Gasteiger partial charge in [-0.15, -0.1) is 16.9 Å². The Hall–Kier alpha value is -1.71. The molecule has 1 fully saturated rings. The number of carbonyl (C=O) groups is 1. The van der Waals surface area contributed by atoms with Crippen molar-refractivity contribution in [2.24, 2.45) is 0 Å². The third-order valence-electron chi connectivity index (χ3n) is 3.85. The largest absolute Gasteiger partial charge is 0.376 e. The molecule has 1 atom stereocenters. The van der Waals surface area contributed by atoms with Crippen molar-refractivity contribution in [3.8, 4) is 0 Å². The van der Waals surface area contributed by atoms with Crippen molar-refractivity contribution in [2.45, 2.75) is 35.5 Å². The summed E-state index contributed by atoms with van der Waals surface area (Å²) in [5.41, 5.74) is 0.519. The number of H-pyrrole nitrogens is 1. The van der Waals surface area contributed by atoms with Gasteiger partial charge in [-0.1, -0.05) is 23.9 Å². The van der Waals surface area contributed by atoms with Crippen LogP contribution in [0.2, 0.25) is 0 Å². The van der Waals surface area contributed by atoms with Gasteiger partial charge in [-0.25, -0.2) is 9.89 Å². The van der Waals surface area contributed by atoms with E-state index in [0.29, 0.717) is 11.7 Å². The van der Waals surface area contributed by atoms with Crippen molar-refractivity contribution >= 4 is 35.1 Å². The number of nitrogens with one attached hydrogen (secondary N) is 2. The number of para-hydroxylation sites is 1.